The first-order chi connectivity index (χ1) is 16.6. The summed E-state index contributed by atoms with van der Waals surface area (Å²) in [6.07, 6.45) is 2.00. The average Bonchev–Trinajstić information content (AvgIpc) is 3.12. The van der Waals surface area contributed by atoms with Crippen molar-refractivity contribution >= 4 is 32.8 Å². The number of carbonyl (C=O) groups is 1. The van der Waals surface area contributed by atoms with Crippen molar-refractivity contribution in [1.82, 2.24) is 4.90 Å². The first-order valence-electron chi connectivity index (χ1n) is 11.4. The molecule has 6 heteroatoms. The molecule has 0 radical (unpaired) electrons. The molecule has 1 aliphatic heterocycles. The summed E-state index contributed by atoms with van der Waals surface area (Å²) in [5.74, 6) is 0.542. The molecule has 0 spiro atoms. The maximum absolute atomic E-state index is 13.7. The lowest BCUT2D eigenvalue weighted by molar-refractivity contribution is 0.0714. The lowest BCUT2D eigenvalue weighted by Crippen LogP contribution is -2.29. The molecule has 0 saturated carbocycles. The van der Waals surface area contributed by atoms with Gasteiger partial charge in [-0.15, -0.1) is 0 Å². The van der Waals surface area contributed by atoms with Crippen LogP contribution in [0, 0.1) is 0 Å². The van der Waals surface area contributed by atoms with Gasteiger partial charge in [0, 0.05) is 11.0 Å². The molecule has 5 nitrogen and oxygen atoms in total. The Kier molecular flexibility index (Phi) is 6.24. The van der Waals surface area contributed by atoms with Gasteiger partial charge in [0.05, 0.1) is 23.6 Å². The molecule has 1 amide bonds. The summed E-state index contributed by atoms with van der Waals surface area (Å²) in [5.41, 5.74) is 2.38. The smallest absolute Gasteiger partial charge is 0.291 e. The van der Waals surface area contributed by atoms with Crippen molar-refractivity contribution in [1.29, 1.82) is 0 Å². The SMILES string of the molecule is CCCCOc1cccc(C2c3c(oc4ccc(Br)cc4c3=O)C(=O)N2Cc2ccccc2)c1. The Morgan fingerprint density at radius 2 is 1.82 bits per heavy atom. The van der Waals surface area contributed by atoms with Crippen LogP contribution in [-0.2, 0) is 6.54 Å². The van der Waals surface area contributed by atoms with Crippen LogP contribution in [0.25, 0.3) is 11.0 Å². The number of hydrogen-bond donors (Lipinski definition) is 0. The molecule has 34 heavy (non-hydrogen) atoms. The van der Waals surface area contributed by atoms with Crippen molar-refractivity contribution < 1.29 is 13.9 Å². The van der Waals surface area contributed by atoms with E-state index in [9.17, 15) is 9.59 Å². The van der Waals surface area contributed by atoms with Gasteiger partial charge in [-0.2, -0.15) is 0 Å². The van der Waals surface area contributed by atoms with Crippen LogP contribution in [-0.4, -0.2) is 17.4 Å². The Morgan fingerprint density at radius 3 is 2.62 bits per heavy atom. The maximum atomic E-state index is 13.7. The topological polar surface area (TPSA) is 59.8 Å². The van der Waals surface area contributed by atoms with E-state index < -0.39 is 6.04 Å². The Balaban J connectivity index is 1.66. The molecule has 0 saturated heterocycles. The van der Waals surface area contributed by atoms with Gasteiger partial charge in [0.25, 0.3) is 5.91 Å². The summed E-state index contributed by atoms with van der Waals surface area (Å²) in [5, 5.41) is 0.447. The van der Waals surface area contributed by atoms with E-state index in [1.54, 1.807) is 23.1 Å². The Morgan fingerprint density at radius 1 is 1.00 bits per heavy atom. The number of unbranched alkanes of at least 4 members (excludes halogenated alkanes) is 1. The number of halogens is 1. The molecule has 0 N–H and O–H groups in total. The second-order valence-electron chi connectivity index (χ2n) is 8.41. The third-order valence-corrected chi connectivity index (χ3v) is 6.56. The third-order valence-electron chi connectivity index (χ3n) is 6.06. The quantitative estimate of drug-likeness (QED) is 0.263. The largest absolute Gasteiger partial charge is 0.494 e. The zero-order valence-corrected chi connectivity index (χ0v) is 20.4. The first kappa shape index (κ1) is 22.4. The van der Waals surface area contributed by atoms with E-state index in [1.807, 2.05) is 54.6 Å². The van der Waals surface area contributed by atoms with Gasteiger partial charge in [-0.05, 0) is 47.9 Å². The minimum absolute atomic E-state index is 0.109. The van der Waals surface area contributed by atoms with Gasteiger partial charge < -0.3 is 14.1 Å². The van der Waals surface area contributed by atoms with Crippen molar-refractivity contribution in [2.45, 2.75) is 32.4 Å². The number of nitrogens with zero attached hydrogens (tertiary/aromatic N) is 1. The van der Waals surface area contributed by atoms with Gasteiger partial charge in [0.15, 0.2) is 5.43 Å². The highest BCUT2D eigenvalue weighted by molar-refractivity contribution is 9.10. The van der Waals surface area contributed by atoms with Crippen LogP contribution in [0.15, 0.2) is 86.5 Å². The molecule has 0 bridgehead atoms. The fraction of sp³-hybridized carbons (Fsp3) is 0.214. The van der Waals surface area contributed by atoms with E-state index in [0.29, 0.717) is 29.7 Å². The summed E-state index contributed by atoms with van der Waals surface area (Å²) in [4.78, 5) is 29.0. The number of amides is 1. The molecule has 3 aromatic carbocycles. The Hall–Kier alpha value is -3.38. The highest BCUT2D eigenvalue weighted by Crippen LogP contribution is 2.40. The second-order valence-corrected chi connectivity index (χ2v) is 9.33. The van der Waals surface area contributed by atoms with Gasteiger partial charge in [0.1, 0.15) is 11.3 Å². The van der Waals surface area contributed by atoms with E-state index in [1.165, 1.54) is 0 Å². The third kappa shape index (κ3) is 4.14. The predicted molar refractivity (Wildman–Crippen MR) is 135 cm³/mol. The van der Waals surface area contributed by atoms with E-state index in [0.717, 1.165) is 34.2 Å². The van der Waals surface area contributed by atoms with Crippen LogP contribution in [0.4, 0.5) is 0 Å². The minimum atomic E-state index is -0.572. The molecule has 1 aliphatic rings. The highest BCUT2D eigenvalue weighted by Gasteiger charge is 2.42. The number of carbonyl (C=O) groups excluding carboxylic acids is 1. The lowest BCUT2D eigenvalue weighted by Gasteiger charge is -2.25. The molecule has 1 unspecified atom stereocenters. The fourth-order valence-corrected chi connectivity index (χ4v) is 4.75. The zero-order valence-electron chi connectivity index (χ0n) is 18.8. The van der Waals surface area contributed by atoms with Crippen LogP contribution >= 0.6 is 15.9 Å². The normalized spacial score (nSPS) is 15.1. The predicted octanol–water partition coefficient (Wildman–Crippen LogP) is 6.48. The highest BCUT2D eigenvalue weighted by atomic mass is 79.9. The standard InChI is InChI=1S/C28H24BrNO4/c1-2-3-14-33-21-11-7-10-19(15-21)25-24-26(31)22-16-20(29)12-13-23(22)34-27(24)28(32)30(25)17-18-8-5-4-6-9-18/h4-13,15-16,25H,2-3,14,17H2,1H3. The van der Waals surface area contributed by atoms with Gasteiger partial charge in [0.2, 0.25) is 5.76 Å². The molecule has 172 valence electrons. The molecule has 0 aliphatic carbocycles. The van der Waals surface area contributed by atoms with Crippen LogP contribution in [0.5, 0.6) is 5.75 Å². The summed E-state index contributed by atoms with van der Waals surface area (Å²) in [7, 11) is 0. The number of hydrogen-bond acceptors (Lipinski definition) is 4. The maximum Gasteiger partial charge on any atom is 0.291 e. The monoisotopic (exact) mass is 517 g/mol. The van der Waals surface area contributed by atoms with Crippen LogP contribution in [0.1, 0.15) is 53.1 Å². The first-order valence-corrected chi connectivity index (χ1v) is 12.2. The minimum Gasteiger partial charge on any atom is -0.494 e. The number of ether oxygens (including phenoxy) is 1. The number of fused-ring (bicyclic) bond motifs is 2. The van der Waals surface area contributed by atoms with Crippen molar-refractivity contribution in [3.63, 3.8) is 0 Å². The van der Waals surface area contributed by atoms with Crippen molar-refractivity contribution in [3.8, 4) is 5.75 Å². The van der Waals surface area contributed by atoms with Crippen LogP contribution < -0.4 is 10.2 Å². The van der Waals surface area contributed by atoms with Crippen molar-refractivity contribution in [2.75, 3.05) is 6.61 Å². The summed E-state index contributed by atoms with van der Waals surface area (Å²) < 4.78 is 12.7. The Labute approximate surface area is 206 Å². The van der Waals surface area contributed by atoms with E-state index >= 15 is 0 Å². The van der Waals surface area contributed by atoms with E-state index in [4.69, 9.17) is 9.15 Å². The molecule has 1 atom stereocenters. The molecular formula is C28H24BrNO4. The summed E-state index contributed by atoms with van der Waals surface area (Å²) >= 11 is 3.44. The van der Waals surface area contributed by atoms with Gasteiger partial charge in [-0.1, -0.05) is 71.7 Å². The van der Waals surface area contributed by atoms with Crippen molar-refractivity contribution in [2.24, 2.45) is 0 Å². The Bertz CT molecular complexity index is 1410. The lowest BCUT2D eigenvalue weighted by atomic mass is 9.98. The molecular weight excluding hydrogens is 494 g/mol. The van der Waals surface area contributed by atoms with Crippen LogP contribution in [0.3, 0.4) is 0 Å². The van der Waals surface area contributed by atoms with Crippen molar-refractivity contribution in [3.05, 3.63) is 110 Å². The number of rotatable bonds is 7. The molecule has 0 fully saturated rings. The van der Waals surface area contributed by atoms with Crippen LogP contribution in [0.2, 0.25) is 0 Å². The summed E-state index contributed by atoms with van der Waals surface area (Å²) in [6, 6.07) is 22.1. The summed E-state index contributed by atoms with van der Waals surface area (Å²) in [6.45, 7) is 3.09. The van der Waals surface area contributed by atoms with Gasteiger partial charge >= 0.3 is 0 Å². The fourth-order valence-electron chi connectivity index (χ4n) is 4.39. The molecule has 5 rings (SSSR count). The van der Waals surface area contributed by atoms with Gasteiger partial charge in [-0.3, -0.25) is 9.59 Å². The molecule has 4 aromatic rings. The average molecular weight is 518 g/mol. The van der Waals surface area contributed by atoms with E-state index in [2.05, 4.69) is 22.9 Å². The molecule has 2 heterocycles. The molecule has 1 aromatic heterocycles. The van der Waals surface area contributed by atoms with E-state index in [-0.39, 0.29) is 17.1 Å². The van der Waals surface area contributed by atoms with Gasteiger partial charge in [-0.25, -0.2) is 0 Å². The number of benzene rings is 3. The zero-order chi connectivity index (χ0) is 23.7. The second kappa shape index (κ2) is 9.47.